The van der Waals surface area contributed by atoms with Crippen LogP contribution in [-0.2, 0) is 11.3 Å². The van der Waals surface area contributed by atoms with Crippen molar-refractivity contribution in [2.45, 2.75) is 6.61 Å². The molecule has 1 amide bonds. The third kappa shape index (κ3) is 3.98. The second-order valence-corrected chi connectivity index (χ2v) is 4.37. The summed E-state index contributed by atoms with van der Waals surface area (Å²) < 4.78 is 5.05. The van der Waals surface area contributed by atoms with Crippen LogP contribution in [-0.4, -0.2) is 32.7 Å². The number of nitrogens with one attached hydrogen (secondary N) is 2. The predicted molar refractivity (Wildman–Crippen MR) is 73.1 cm³/mol. The molecule has 2 N–H and O–H groups in total. The van der Waals surface area contributed by atoms with Gasteiger partial charge in [-0.15, -0.1) is 12.4 Å². The van der Waals surface area contributed by atoms with Crippen molar-refractivity contribution in [1.82, 2.24) is 10.6 Å². The first kappa shape index (κ1) is 15.0. The number of halogens is 1. The SMILES string of the molecule is COCc1cccc(C(=O)NCC2CNC2)c1.Cl. The molecule has 1 aromatic carbocycles. The van der Waals surface area contributed by atoms with Gasteiger partial charge < -0.3 is 15.4 Å². The molecule has 0 saturated carbocycles. The van der Waals surface area contributed by atoms with Crippen molar-refractivity contribution in [3.63, 3.8) is 0 Å². The molecule has 5 heteroatoms. The van der Waals surface area contributed by atoms with Crippen LogP contribution in [0.3, 0.4) is 0 Å². The second kappa shape index (κ2) is 7.36. The number of benzene rings is 1. The summed E-state index contributed by atoms with van der Waals surface area (Å²) in [4.78, 5) is 11.9. The highest BCUT2D eigenvalue weighted by Crippen LogP contribution is 2.07. The van der Waals surface area contributed by atoms with Gasteiger partial charge in [-0.25, -0.2) is 0 Å². The van der Waals surface area contributed by atoms with Crippen molar-refractivity contribution >= 4 is 18.3 Å². The van der Waals surface area contributed by atoms with E-state index in [4.69, 9.17) is 4.74 Å². The molecule has 1 aliphatic heterocycles. The smallest absolute Gasteiger partial charge is 0.251 e. The van der Waals surface area contributed by atoms with Gasteiger partial charge in [0.2, 0.25) is 0 Å². The van der Waals surface area contributed by atoms with Crippen LogP contribution in [0.25, 0.3) is 0 Å². The molecule has 1 aliphatic rings. The Hall–Kier alpha value is -1.10. The summed E-state index contributed by atoms with van der Waals surface area (Å²) >= 11 is 0. The van der Waals surface area contributed by atoms with Gasteiger partial charge in [-0.2, -0.15) is 0 Å². The summed E-state index contributed by atoms with van der Waals surface area (Å²) in [6.07, 6.45) is 0. The van der Waals surface area contributed by atoms with E-state index in [1.165, 1.54) is 0 Å². The normalized spacial score (nSPS) is 14.5. The molecule has 0 aromatic heterocycles. The van der Waals surface area contributed by atoms with E-state index in [-0.39, 0.29) is 18.3 Å². The number of hydrogen-bond acceptors (Lipinski definition) is 3. The predicted octanol–water partition coefficient (Wildman–Crippen LogP) is 1.20. The van der Waals surface area contributed by atoms with E-state index in [9.17, 15) is 4.79 Å². The lowest BCUT2D eigenvalue weighted by Gasteiger charge is -2.27. The van der Waals surface area contributed by atoms with Crippen LogP contribution in [0.5, 0.6) is 0 Å². The largest absolute Gasteiger partial charge is 0.380 e. The van der Waals surface area contributed by atoms with Crippen LogP contribution in [0.1, 0.15) is 15.9 Å². The molecule has 2 rings (SSSR count). The Kier molecular flexibility index (Phi) is 6.12. The highest BCUT2D eigenvalue weighted by atomic mass is 35.5. The molecule has 0 unspecified atom stereocenters. The minimum atomic E-state index is -0.00477. The Bertz CT molecular complexity index is 394. The third-order valence-electron chi connectivity index (χ3n) is 2.92. The zero-order chi connectivity index (χ0) is 12.1. The number of carbonyl (C=O) groups excluding carboxylic acids is 1. The van der Waals surface area contributed by atoms with Gasteiger partial charge in [0.1, 0.15) is 0 Å². The Morgan fingerprint density at radius 1 is 1.50 bits per heavy atom. The van der Waals surface area contributed by atoms with Gasteiger partial charge in [0.05, 0.1) is 6.61 Å². The first-order chi connectivity index (χ1) is 8.29. The summed E-state index contributed by atoms with van der Waals surface area (Å²) in [5.41, 5.74) is 1.72. The maximum absolute atomic E-state index is 11.9. The van der Waals surface area contributed by atoms with E-state index >= 15 is 0 Å². The number of methoxy groups -OCH3 is 1. The maximum Gasteiger partial charge on any atom is 0.251 e. The van der Waals surface area contributed by atoms with E-state index < -0.39 is 0 Å². The monoisotopic (exact) mass is 270 g/mol. The van der Waals surface area contributed by atoms with Gasteiger partial charge in [-0.05, 0) is 17.7 Å². The van der Waals surface area contributed by atoms with Crippen LogP contribution < -0.4 is 10.6 Å². The quantitative estimate of drug-likeness (QED) is 0.846. The Balaban J connectivity index is 0.00000162. The second-order valence-electron chi connectivity index (χ2n) is 4.37. The molecular formula is C13H19ClN2O2. The topological polar surface area (TPSA) is 50.4 Å². The summed E-state index contributed by atoms with van der Waals surface area (Å²) in [6, 6.07) is 7.54. The number of rotatable bonds is 5. The first-order valence-corrected chi connectivity index (χ1v) is 5.86. The summed E-state index contributed by atoms with van der Waals surface area (Å²) in [7, 11) is 1.65. The van der Waals surface area contributed by atoms with Crippen molar-refractivity contribution < 1.29 is 9.53 Å². The molecule has 0 atom stereocenters. The van der Waals surface area contributed by atoms with Gasteiger partial charge in [0, 0.05) is 38.2 Å². The van der Waals surface area contributed by atoms with Crippen molar-refractivity contribution in [3.8, 4) is 0 Å². The summed E-state index contributed by atoms with van der Waals surface area (Å²) in [5.74, 6) is 0.580. The minimum Gasteiger partial charge on any atom is -0.380 e. The van der Waals surface area contributed by atoms with Crippen LogP contribution in [0.2, 0.25) is 0 Å². The molecule has 0 aliphatic carbocycles. The molecule has 0 bridgehead atoms. The lowest BCUT2D eigenvalue weighted by molar-refractivity contribution is 0.0942. The molecule has 4 nitrogen and oxygen atoms in total. The van der Waals surface area contributed by atoms with Gasteiger partial charge in [-0.1, -0.05) is 12.1 Å². The number of amides is 1. The van der Waals surface area contributed by atoms with E-state index in [1.807, 2.05) is 24.3 Å². The number of carbonyl (C=O) groups is 1. The van der Waals surface area contributed by atoms with E-state index in [0.717, 1.165) is 25.2 Å². The summed E-state index contributed by atoms with van der Waals surface area (Å²) in [6.45, 7) is 3.29. The molecule has 1 saturated heterocycles. The van der Waals surface area contributed by atoms with Crippen molar-refractivity contribution in [2.24, 2.45) is 5.92 Å². The third-order valence-corrected chi connectivity index (χ3v) is 2.92. The molecule has 0 radical (unpaired) electrons. The average molecular weight is 271 g/mol. The van der Waals surface area contributed by atoms with Crippen LogP contribution in [0.15, 0.2) is 24.3 Å². The van der Waals surface area contributed by atoms with E-state index in [1.54, 1.807) is 7.11 Å². The fourth-order valence-electron chi connectivity index (χ4n) is 1.80. The maximum atomic E-state index is 11.9. The highest BCUT2D eigenvalue weighted by molar-refractivity contribution is 5.94. The molecule has 1 heterocycles. The molecule has 100 valence electrons. The van der Waals surface area contributed by atoms with Gasteiger partial charge in [-0.3, -0.25) is 4.79 Å². The van der Waals surface area contributed by atoms with Gasteiger partial charge in [0.25, 0.3) is 5.91 Å². The molecule has 1 aromatic rings. The molecule has 1 fully saturated rings. The highest BCUT2D eigenvalue weighted by Gasteiger charge is 2.17. The van der Waals surface area contributed by atoms with Crippen molar-refractivity contribution in [3.05, 3.63) is 35.4 Å². The fraction of sp³-hybridized carbons (Fsp3) is 0.462. The lowest BCUT2D eigenvalue weighted by Crippen LogP contribution is -2.48. The van der Waals surface area contributed by atoms with Crippen LogP contribution >= 0.6 is 12.4 Å². The number of ether oxygens (including phenoxy) is 1. The Morgan fingerprint density at radius 2 is 2.28 bits per heavy atom. The average Bonchev–Trinajstić information content (AvgIpc) is 2.27. The van der Waals surface area contributed by atoms with Crippen molar-refractivity contribution in [1.29, 1.82) is 0 Å². The lowest BCUT2D eigenvalue weighted by atomic mass is 10.0. The van der Waals surface area contributed by atoms with Crippen LogP contribution in [0, 0.1) is 5.92 Å². The van der Waals surface area contributed by atoms with E-state index in [0.29, 0.717) is 18.1 Å². The first-order valence-electron chi connectivity index (χ1n) is 5.86. The number of hydrogen-bond donors (Lipinski definition) is 2. The minimum absolute atomic E-state index is 0. The van der Waals surface area contributed by atoms with Crippen LogP contribution in [0.4, 0.5) is 0 Å². The standard InChI is InChI=1S/C13H18N2O2.ClH/c1-17-9-10-3-2-4-12(5-10)13(16)15-8-11-6-14-7-11;/h2-5,11,14H,6-9H2,1H3,(H,15,16);1H. The zero-order valence-electron chi connectivity index (χ0n) is 10.4. The Morgan fingerprint density at radius 3 is 2.89 bits per heavy atom. The van der Waals surface area contributed by atoms with Gasteiger partial charge in [0.15, 0.2) is 0 Å². The Labute approximate surface area is 114 Å². The summed E-state index contributed by atoms with van der Waals surface area (Å²) in [5, 5.41) is 6.13. The molecular weight excluding hydrogens is 252 g/mol. The fourth-order valence-corrected chi connectivity index (χ4v) is 1.80. The molecule has 0 spiro atoms. The van der Waals surface area contributed by atoms with Crippen molar-refractivity contribution in [2.75, 3.05) is 26.7 Å². The molecule has 18 heavy (non-hydrogen) atoms. The zero-order valence-corrected chi connectivity index (χ0v) is 11.3. The van der Waals surface area contributed by atoms with E-state index in [2.05, 4.69) is 10.6 Å². The van der Waals surface area contributed by atoms with Gasteiger partial charge >= 0.3 is 0 Å².